The van der Waals surface area contributed by atoms with Crippen LogP contribution in [-0.4, -0.2) is 41.7 Å². The molecule has 3 atom stereocenters. The smallest absolute Gasteiger partial charge is 0.238 e. The number of benzene rings is 2. The molecule has 1 aliphatic heterocycles. The molecule has 1 heterocycles. The third-order valence-corrected chi connectivity index (χ3v) is 6.86. The van der Waals surface area contributed by atoms with E-state index < -0.39 is 5.60 Å². The monoisotopic (exact) mass is 428 g/mol. The van der Waals surface area contributed by atoms with Crippen LogP contribution in [-0.2, 0) is 4.79 Å². The summed E-state index contributed by atoms with van der Waals surface area (Å²) < 4.78 is 5.65. The fraction of sp³-hybridized carbons (Fsp3) is 0.458. The third kappa shape index (κ3) is 4.34. The van der Waals surface area contributed by atoms with E-state index in [9.17, 15) is 9.90 Å². The fourth-order valence-corrected chi connectivity index (χ4v) is 5.29. The minimum atomic E-state index is -0.674. The number of methoxy groups -OCH3 is 1. The van der Waals surface area contributed by atoms with Gasteiger partial charge in [0, 0.05) is 34.8 Å². The zero-order valence-electron chi connectivity index (χ0n) is 17.3. The van der Waals surface area contributed by atoms with Gasteiger partial charge in [-0.2, -0.15) is 0 Å². The van der Waals surface area contributed by atoms with Crippen LogP contribution in [0.25, 0.3) is 0 Å². The molecular weight excluding hydrogens is 400 g/mol. The van der Waals surface area contributed by atoms with Gasteiger partial charge < -0.3 is 15.2 Å². The van der Waals surface area contributed by atoms with Gasteiger partial charge in [-0.25, -0.2) is 0 Å². The van der Waals surface area contributed by atoms with E-state index in [1.807, 2.05) is 18.2 Å². The Morgan fingerprint density at radius 2 is 1.97 bits per heavy atom. The number of para-hydroxylation sites is 1. The Kier molecular flexibility index (Phi) is 6.32. The molecule has 2 fully saturated rings. The van der Waals surface area contributed by atoms with Gasteiger partial charge >= 0.3 is 0 Å². The Hall–Kier alpha value is -2.08. The number of amides is 1. The molecule has 2 aromatic carbocycles. The summed E-state index contributed by atoms with van der Waals surface area (Å²) in [4.78, 5) is 15.1. The van der Waals surface area contributed by atoms with Gasteiger partial charge in [-0.05, 0) is 49.6 Å². The van der Waals surface area contributed by atoms with Gasteiger partial charge in [-0.1, -0.05) is 42.6 Å². The summed E-state index contributed by atoms with van der Waals surface area (Å²) in [6, 6.07) is 15.0. The standard InChI is InChI=1S/C24H29ClN2O3/c1-30-21-8-3-2-6-19(21)23-20-7-4-5-13-24(20,29)14-15-27(23)16-22(28)26-18-11-9-17(25)10-12-18/h2-3,6,8-12,20,23,29H,4-5,7,13-16H2,1H3,(H,26,28)/t20-,23+,24+/m1/s1. The highest BCUT2D eigenvalue weighted by atomic mass is 35.5. The number of hydrogen-bond donors (Lipinski definition) is 2. The van der Waals surface area contributed by atoms with Crippen LogP contribution in [0.1, 0.15) is 43.7 Å². The van der Waals surface area contributed by atoms with Gasteiger partial charge in [0.15, 0.2) is 0 Å². The van der Waals surface area contributed by atoms with Gasteiger partial charge in [-0.15, -0.1) is 0 Å². The van der Waals surface area contributed by atoms with Crippen LogP contribution in [0.4, 0.5) is 5.69 Å². The number of ether oxygens (including phenoxy) is 1. The number of rotatable bonds is 5. The van der Waals surface area contributed by atoms with Crippen LogP contribution >= 0.6 is 11.6 Å². The Bertz CT molecular complexity index is 888. The minimum Gasteiger partial charge on any atom is -0.496 e. The van der Waals surface area contributed by atoms with Crippen molar-refractivity contribution >= 4 is 23.2 Å². The number of nitrogens with one attached hydrogen (secondary N) is 1. The van der Waals surface area contributed by atoms with E-state index in [-0.39, 0.29) is 24.4 Å². The van der Waals surface area contributed by atoms with Gasteiger partial charge in [-0.3, -0.25) is 9.69 Å². The molecule has 160 valence electrons. The summed E-state index contributed by atoms with van der Waals surface area (Å²) in [6.45, 7) is 0.932. The van der Waals surface area contributed by atoms with E-state index in [0.29, 0.717) is 18.0 Å². The van der Waals surface area contributed by atoms with Gasteiger partial charge in [0.1, 0.15) is 5.75 Å². The molecule has 2 N–H and O–H groups in total. The summed E-state index contributed by atoms with van der Waals surface area (Å²) in [5.41, 5.74) is 1.10. The molecule has 2 aliphatic rings. The van der Waals surface area contributed by atoms with Crippen molar-refractivity contribution in [2.75, 3.05) is 25.5 Å². The molecule has 0 aromatic heterocycles. The normalized spacial score (nSPS) is 26.6. The summed E-state index contributed by atoms with van der Waals surface area (Å²) in [5.74, 6) is 0.818. The number of halogens is 1. The van der Waals surface area contributed by atoms with Gasteiger partial charge in [0.05, 0.1) is 19.3 Å². The van der Waals surface area contributed by atoms with E-state index in [2.05, 4.69) is 16.3 Å². The van der Waals surface area contributed by atoms with Crippen molar-refractivity contribution in [1.29, 1.82) is 0 Å². The fourth-order valence-electron chi connectivity index (χ4n) is 5.16. The van der Waals surface area contributed by atoms with Gasteiger partial charge in [0.25, 0.3) is 0 Å². The number of fused-ring (bicyclic) bond motifs is 1. The van der Waals surface area contributed by atoms with Crippen LogP contribution in [0.15, 0.2) is 48.5 Å². The molecule has 1 amide bonds. The van der Waals surface area contributed by atoms with E-state index in [4.69, 9.17) is 16.3 Å². The van der Waals surface area contributed by atoms with E-state index in [0.717, 1.165) is 42.7 Å². The van der Waals surface area contributed by atoms with Crippen molar-refractivity contribution in [2.45, 2.75) is 43.7 Å². The third-order valence-electron chi connectivity index (χ3n) is 6.60. The second-order valence-corrected chi connectivity index (χ2v) is 8.85. The Labute approximate surface area is 183 Å². The number of likely N-dealkylation sites (tertiary alicyclic amines) is 1. The van der Waals surface area contributed by atoms with E-state index in [1.54, 1.807) is 31.4 Å². The first kappa shape index (κ1) is 21.2. The number of carbonyl (C=O) groups excluding carboxylic acids is 1. The van der Waals surface area contributed by atoms with Crippen LogP contribution in [0, 0.1) is 5.92 Å². The van der Waals surface area contributed by atoms with Crippen molar-refractivity contribution in [3.05, 3.63) is 59.1 Å². The summed E-state index contributed by atoms with van der Waals surface area (Å²) in [7, 11) is 1.67. The first-order chi connectivity index (χ1) is 14.5. The summed E-state index contributed by atoms with van der Waals surface area (Å²) >= 11 is 5.94. The van der Waals surface area contributed by atoms with E-state index >= 15 is 0 Å². The molecule has 1 aliphatic carbocycles. The zero-order valence-corrected chi connectivity index (χ0v) is 18.1. The number of piperidine rings is 1. The molecule has 1 saturated heterocycles. The second-order valence-electron chi connectivity index (χ2n) is 8.42. The lowest BCUT2D eigenvalue weighted by molar-refractivity contribution is -0.135. The highest BCUT2D eigenvalue weighted by molar-refractivity contribution is 6.30. The maximum atomic E-state index is 12.9. The van der Waals surface area contributed by atoms with Crippen molar-refractivity contribution in [3.63, 3.8) is 0 Å². The predicted molar refractivity (Wildman–Crippen MR) is 119 cm³/mol. The van der Waals surface area contributed by atoms with Crippen LogP contribution < -0.4 is 10.1 Å². The largest absolute Gasteiger partial charge is 0.496 e. The number of hydrogen-bond acceptors (Lipinski definition) is 4. The number of anilines is 1. The first-order valence-corrected chi connectivity index (χ1v) is 11.0. The molecule has 2 aromatic rings. The predicted octanol–water partition coefficient (Wildman–Crippen LogP) is 4.66. The molecule has 1 saturated carbocycles. The Balaban J connectivity index is 1.60. The molecule has 0 spiro atoms. The first-order valence-electron chi connectivity index (χ1n) is 10.6. The number of carbonyl (C=O) groups is 1. The number of nitrogens with zero attached hydrogens (tertiary/aromatic N) is 1. The quantitative estimate of drug-likeness (QED) is 0.727. The SMILES string of the molecule is COc1ccccc1[C@H]1[C@H]2CCCC[C@]2(O)CCN1CC(=O)Nc1ccc(Cl)cc1. The molecule has 6 heteroatoms. The zero-order chi connectivity index (χ0) is 21.1. The van der Waals surface area contributed by atoms with E-state index in [1.165, 1.54) is 0 Å². The van der Waals surface area contributed by atoms with Crippen LogP contribution in [0.2, 0.25) is 5.02 Å². The topological polar surface area (TPSA) is 61.8 Å². The van der Waals surface area contributed by atoms with Crippen molar-refractivity contribution < 1.29 is 14.6 Å². The molecule has 0 bridgehead atoms. The molecule has 0 radical (unpaired) electrons. The van der Waals surface area contributed by atoms with Crippen LogP contribution in [0.3, 0.4) is 0 Å². The second kappa shape index (κ2) is 8.96. The molecule has 4 rings (SSSR count). The average Bonchev–Trinajstić information content (AvgIpc) is 2.75. The summed E-state index contributed by atoms with van der Waals surface area (Å²) in [5, 5.41) is 15.0. The number of aliphatic hydroxyl groups is 1. The maximum Gasteiger partial charge on any atom is 0.238 e. The minimum absolute atomic E-state index is 0.0591. The lowest BCUT2D eigenvalue weighted by Crippen LogP contribution is -2.56. The van der Waals surface area contributed by atoms with Crippen molar-refractivity contribution in [3.8, 4) is 5.75 Å². The maximum absolute atomic E-state index is 12.9. The Morgan fingerprint density at radius 1 is 1.20 bits per heavy atom. The summed E-state index contributed by atoms with van der Waals surface area (Å²) in [6.07, 6.45) is 4.63. The lowest BCUT2D eigenvalue weighted by atomic mass is 9.66. The highest BCUT2D eigenvalue weighted by Crippen LogP contribution is 2.50. The average molecular weight is 429 g/mol. The highest BCUT2D eigenvalue weighted by Gasteiger charge is 2.49. The van der Waals surface area contributed by atoms with Crippen molar-refractivity contribution in [1.82, 2.24) is 4.90 Å². The van der Waals surface area contributed by atoms with Crippen molar-refractivity contribution in [2.24, 2.45) is 5.92 Å². The molecule has 5 nitrogen and oxygen atoms in total. The molecule has 30 heavy (non-hydrogen) atoms. The molecular formula is C24H29ClN2O3. The molecule has 0 unspecified atom stereocenters. The Morgan fingerprint density at radius 3 is 2.73 bits per heavy atom. The van der Waals surface area contributed by atoms with Crippen LogP contribution in [0.5, 0.6) is 5.75 Å². The van der Waals surface area contributed by atoms with Gasteiger partial charge in [0.2, 0.25) is 5.91 Å². The lowest BCUT2D eigenvalue weighted by Gasteiger charge is -2.52.